The summed E-state index contributed by atoms with van der Waals surface area (Å²) >= 11 is 11.9. The third-order valence-electron chi connectivity index (χ3n) is 4.66. The Hall–Kier alpha value is -1.60. The molecule has 5 nitrogen and oxygen atoms in total. The molecule has 0 radical (unpaired) electrons. The van der Waals surface area contributed by atoms with Gasteiger partial charge in [0.1, 0.15) is 0 Å². The van der Waals surface area contributed by atoms with Crippen molar-refractivity contribution in [1.82, 2.24) is 4.31 Å². The molecule has 1 fully saturated rings. The van der Waals surface area contributed by atoms with Crippen LogP contribution in [0.15, 0.2) is 47.4 Å². The fourth-order valence-corrected chi connectivity index (χ4v) is 5.23. The lowest BCUT2D eigenvalue weighted by molar-refractivity contribution is -0.116. The van der Waals surface area contributed by atoms with Crippen LogP contribution in [0.2, 0.25) is 10.0 Å². The number of nitrogens with zero attached hydrogens (tertiary/aromatic N) is 1. The minimum absolute atomic E-state index is 0.164. The minimum atomic E-state index is -3.43. The van der Waals surface area contributed by atoms with Gasteiger partial charge in [0.05, 0.1) is 4.90 Å². The number of aryl methyl sites for hydroxylation is 1. The highest BCUT2D eigenvalue weighted by atomic mass is 35.5. The number of rotatable bonds is 6. The summed E-state index contributed by atoms with van der Waals surface area (Å²) in [5.74, 6) is -0.164. The van der Waals surface area contributed by atoms with E-state index >= 15 is 0 Å². The number of hydrogen-bond donors (Lipinski definition) is 1. The molecular weight excluding hydrogens is 419 g/mol. The Morgan fingerprint density at radius 3 is 2.18 bits per heavy atom. The van der Waals surface area contributed by atoms with Crippen LogP contribution < -0.4 is 5.32 Å². The third-order valence-corrected chi connectivity index (χ3v) is 7.01. The van der Waals surface area contributed by atoms with Crippen molar-refractivity contribution in [3.8, 4) is 0 Å². The first-order valence-corrected chi connectivity index (χ1v) is 11.4. The van der Waals surface area contributed by atoms with E-state index in [1.807, 2.05) is 0 Å². The zero-order valence-electron chi connectivity index (χ0n) is 15.3. The molecule has 1 amide bonds. The van der Waals surface area contributed by atoms with Gasteiger partial charge in [0.2, 0.25) is 15.9 Å². The normalized spacial score (nSPS) is 15.4. The van der Waals surface area contributed by atoms with Gasteiger partial charge in [-0.25, -0.2) is 8.42 Å². The van der Waals surface area contributed by atoms with Crippen molar-refractivity contribution < 1.29 is 13.2 Å². The Morgan fingerprint density at radius 1 is 0.964 bits per heavy atom. The van der Waals surface area contributed by atoms with Gasteiger partial charge in [-0.1, -0.05) is 41.8 Å². The number of hydrogen-bond acceptors (Lipinski definition) is 3. The van der Waals surface area contributed by atoms with Crippen LogP contribution in [0.1, 0.15) is 31.2 Å². The van der Waals surface area contributed by atoms with Crippen LogP contribution in [0.5, 0.6) is 0 Å². The van der Waals surface area contributed by atoms with E-state index in [-0.39, 0.29) is 12.3 Å². The summed E-state index contributed by atoms with van der Waals surface area (Å²) in [5.41, 5.74) is 1.45. The molecule has 0 aromatic heterocycles. The van der Waals surface area contributed by atoms with Crippen LogP contribution in [0.3, 0.4) is 0 Å². The van der Waals surface area contributed by atoms with Gasteiger partial charge in [0, 0.05) is 35.2 Å². The summed E-state index contributed by atoms with van der Waals surface area (Å²) in [7, 11) is -3.43. The predicted molar refractivity (Wildman–Crippen MR) is 112 cm³/mol. The van der Waals surface area contributed by atoms with Gasteiger partial charge in [0.25, 0.3) is 0 Å². The monoisotopic (exact) mass is 440 g/mol. The van der Waals surface area contributed by atoms with Gasteiger partial charge >= 0.3 is 0 Å². The second-order valence-electron chi connectivity index (χ2n) is 6.81. The molecular formula is C20H22Cl2N2O3S. The predicted octanol–water partition coefficient (Wildman–Crippen LogP) is 4.74. The quantitative estimate of drug-likeness (QED) is 0.704. The van der Waals surface area contributed by atoms with Gasteiger partial charge in [-0.15, -0.1) is 0 Å². The number of halogens is 2. The largest absolute Gasteiger partial charge is 0.326 e. The number of piperidine rings is 1. The molecule has 0 saturated carbocycles. The van der Waals surface area contributed by atoms with Crippen molar-refractivity contribution in [3.63, 3.8) is 0 Å². The molecule has 8 heteroatoms. The van der Waals surface area contributed by atoms with Gasteiger partial charge in [-0.2, -0.15) is 4.31 Å². The van der Waals surface area contributed by atoms with Gasteiger partial charge < -0.3 is 5.32 Å². The van der Waals surface area contributed by atoms with Crippen molar-refractivity contribution >= 4 is 44.8 Å². The number of nitrogens with one attached hydrogen (secondary N) is 1. The maximum absolute atomic E-state index is 12.7. The summed E-state index contributed by atoms with van der Waals surface area (Å²) in [6.07, 6.45) is 3.66. The minimum Gasteiger partial charge on any atom is -0.326 e. The molecule has 0 unspecified atom stereocenters. The number of carbonyl (C=O) groups is 1. The first kappa shape index (κ1) is 21.1. The zero-order valence-corrected chi connectivity index (χ0v) is 17.7. The maximum Gasteiger partial charge on any atom is 0.243 e. The molecule has 2 aromatic carbocycles. The Morgan fingerprint density at radius 2 is 1.57 bits per heavy atom. The van der Waals surface area contributed by atoms with Crippen LogP contribution >= 0.6 is 23.2 Å². The molecule has 0 bridgehead atoms. The number of anilines is 1. The van der Waals surface area contributed by atoms with E-state index < -0.39 is 10.0 Å². The second kappa shape index (κ2) is 9.27. The van der Waals surface area contributed by atoms with Crippen LogP contribution in [-0.2, 0) is 21.2 Å². The number of sulfonamides is 1. The lowest BCUT2D eigenvalue weighted by Gasteiger charge is -2.25. The Labute approximate surface area is 175 Å². The molecule has 1 N–H and O–H groups in total. The van der Waals surface area contributed by atoms with Crippen molar-refractivity contribution in [1.29, 1.82) is 0 Å². The molecule has 1 aliphatic heterocycles. The number of amides is 1. The van der Waals surface area contributed by atoms with Crippen molar-refractivity contribution in [2.75, 3.05) is 18.4 Å². The van der Waals surface area contributed by atoms with Crippen LogP contribution in [0.25, 0.3) is 0 Å². The molecule has 0 aliphatic carbocycles. The molecule has 0 spiro atoms. The van der Waals surface area contributed by atoms with E-state index in [1.54, 1.807) is 46.8 Å². The van der Waals surface area contributed by atoms with Crippen molar-refractivity contribution in [3.05, 3.63) is 58.1 Å². The van der Waals surface area contributed by atoms with Crippen LogP contribution in [-0.4, -0.2) is 31.7 Å². The SMILES string of the molecule is O=C(CCc1ccc(S(=O)(=O)N2CCCCC2)cc1)Nc1cc(Cl)cc(Cl)c1. The Kier molecular flexibility index (Phi) is 6.99. The van der Waals surface area contributed by atoms with Gasteiger partial charge in [0.15, 0.2) is 0 Å². The average molecular weight is 441 g/mol. The molecule has 2 aromatic rings. The van der Waals surface area contributed by atoms with Crippen LogP contribution in [0, 0.1) is 0 Å². The fourth-order valence-electron chi connectivity index (χ4n) is 3.19. The van der Waals surface area contributed by atoms with Gasteiger partial charge in [-0.3, -0.25) is 4.79 Å². The average Bonchev–Trinajstić information content (AvgIpc) is 2.66. The maximum atomic E-state index is 12.7. The van der Waals surface area contributed by atoms with E-state index in [0.29, 0.717) is 40.1 Å². The fraction of sp³-hybridized carbons (Fsp3) is 0.350. The summed E-state index contributed by atoms with van der Waals surface area (Å²) in [4.78, 5) is 12.4. The van der Waals surface area contributed by atoms with Crippen molar-refractivity contribution in [2.45, 2.75) is 37.0 Å². The lowest BCUT2D eigenvalue weighted by atomic mass is 10.1. The third kappa shape index (κ3) is 5.47. The van der Waals surface area contributed by atoms with E-state index in [2.05, 4.69) is 5.32 Å². The summed E-state index contributed by atoms with van der Waals surface area (Å²) < 4.78 is 26.9. The molecule has 3 rings (SSSR count). The lowest BCUT2D eigenvalue weighted by Crippen LogP contribution is -2.35. The standard InChI is InChI=1S/C20H22Cl2N2O3S/c21-16-12-17(22)14-18(13-16)23-20(25)9-6-15-4-7-19(8-5-15)28(26,27)24-10-2-1-3-11-24/h4-5,7-8,12-14H,1-3,6,9-11H2,(H,23,25). The molecule has 1 aliphatic rings. The number of benzene rings is 2. The highest BCUT2D eigenvalue weighted by Crippen LogP contribution is 2.23. The van der Waals surface area contributed by atoms with E-state index in [9.17, 15) is 13.2 Å². The first-order chi connectivity index (χ1) is 13.3. The topological polar surface area (TPSA) is 66.5 Å². The van der Waals surface area contributed by atoms with E-state index in [4.69, 9.17) is 23.2 Å². The van der Waals surface area contributed by atoms with Gasteiger partial charge in [-0.05, 0) is 55.2 Å². The molecule has 150 valence electrons. The summed E-state index contributed by atoms with van der Waals surface area (Å²) in [6, 6.07) is 11.6. The molecule has 28 heavy (non-hydrogen) atoms. The smallest absolute Gasteiger partial charge is 0.243 e. The van der Waals surface area contributed by atoms with E-state index in [1.165, 1.54) is 0 Å². The Balaban J connectivity index is 1.57. The second-order valence-corrected chi connectivity index (χ2v) is 9.63. The Bertz CT molecular complexity index is 920. The zero-order chi connectivity index (χ0) is 20.1. The summed E-state index contributed by atoms with van der Waals surface area (Å²) in [6.45, 7) is 1.16. The van der Waals surface area contributed by atoms with E-state index in [0.717, 1.165) is 24.8 Å². The molecule has 0 atom stereocenters. The van der Waals surface area contributed by atoms with Crippen LogP contribution in [0.4, 0.5) is 5.69 Å². The molecule has 1 heterocycles. The summed E-state index contributed by atoms with van der Waals surface area (Å²) in [5, 5.41) is 3.67. The first-order valence-electron chi connectivity index (χ1n) is 9.20. The highest BCUT2D eigenvalue weighted by Gasteiger charge is 2.25. The van der Waals surface area contributed by atoms with Crippen molar-refractivity contribution in [2.24, 2.45) is 0 Å². The number of carbonyl (C=O) groups excluding carboxylic acids is 1. The highest BCUT2D eigenvalue weighted by molar-refractivity contribution is 7.89. The molecule has 1 saturated heterocycles.